The molecule has 2 aromatic rings. The van der Waals surface area contributed by atoms with Gasteiger partial charge in [-0.05, 0) is 6.07 Å². The standard InChI is InChI=1S/C10H8ClFN4O4S/c1-15-5-13-10(9(15)11)21(19,20)14-7-2-6(12)3-8(4-7)16(17)18/h2-5,14H,1H3. The van der Waals surface area contributed by atoms with Crippen LogP contribution in [0.15, 0.2) is 29.6 Å². The van der Waals surface area contributed by atoms with Gasteiger partial charge in [-0.15, -0.1) is 0 Å². The van der Waals surface area contributed by atoms with E-state index in [0.717, 1.165) is 12.1 Å². The predicted molar refractivity (Wildman–Crippen MR) is 72.1 cm³/mol. The van der Waals surface area contributed by atoms with Crippen molar-refractivity contribution in [2.75, 3.05) is 4.72 Å². The molecule has 11 heteroatoms. The van der Waals surface area contributed by atoms with Crippen molar-refractivity contribution in [2.45, 2.75) is 5.03 Å². The van der Waals surface area contributed by atoms with E-state index in [1.807, 2.05) is 4.72 Å². The first-order valence-corrected chi connectivity index (χ1v) is 7.21. The van der Waals surface area contributed by atoms with E-state index in [-0.39, 0.29) is 10.8 Å². The molecule has 0 atom stereocenters. The number of rotatable bonds is 4. The maximum atomic E-state index is 13.3. The summed E-state index contributed by atoms with van der Waals surface area (Å²) in [5.41, 5.74) is -0.886. The number of anilines is 1. The largest absolute Gasteiger partial charge is 0.324 e. The lowest BCUT2D eigenvalue weighted by molar-refractivity contribution is -0.385. The predicted octanol–water partition coefficient (Wildman–Crippen LogP) is 1.92. The first-order valence-electron chi connectivity index (χ1n) is 5.35. The maximum absolute atomic E-state index is 13.3. The second-order valence-corrected chi connectivity index (χ2v) is 5.97. The Bertz CT molecular complexity index is 820. The summed E-state index contributed by atoms with van der Waals surface area (Å²) in [6.07, 6.45) is 1.19. The Labute approximate surface area is 123 Å². The van der Waals surface area contributed by atoms with Crippen LogP contribution in [0.25, 0.3) is 0 Å². The molecular weight excluding hydrogens is 327 g/mol. The molecule has 8 nitrogen and oxygen atoms in total. The zero-order chi connectivity index (χ0) is 15.8. The lowest BCUT2D eigenvalue weighted by Crippen LogP contribution is -2.14. The van der Waals surface area contributed by atoms with Crippen LogP contribution < -0.4 is 4.72 Å². The van der Waals surface area contributed by atoms with E-state index in [2.05, 4.69) is 4.98 Å². The highest BCUT2D eigenvalue weighted by Gasteiger charge is 2.23. The summed E-state index contributed by atoms with van der Waals surface area (Å²) in [4.78, 5) is 13.4. The number of imidazole rings is 1. The number of sulfonamides is 1. The average molecular weight is 335 g/mol. The second kappa shape index (κ2) is 5.30. The number of aromatic nitrogens is 2. The van der Waals surface area contributed by atoms with Gasteiger partial charge in [0.05, 0.1) is 23.0 Å². The molecule has 112 valence electrons. The normalized spacial score (nSPS) is 11.4. The molecule has 1 N–H and O–H groups in total. The molecule has 1 aromatic carbocycles. The van der Waals surface area contributed by atoms with Crippen LogP contribution in [0.2, 0.25) is 5.15 Å². The van der Waals surface area contributed by atoms with E-state index in [1.165, 1.54) is 17.9 Å². The number of nitro groups is 1. The molecule has 0 aliphatic heterocycles. The fourth-order valence-electron chi connectivity index (χ4n) is 1.52. The van der Waals surface area contributed by atoms with Crippen LogP contribution in [0.3, 0.4) is 0 Å². The van der Waals surface area contributed by atoms with Crippen molar-refractivity contribution in [3.05, 3.63) is 45.6 Å². The van der Waals surface area contributed by atoms with E-state index < -0.39 is 31.5 Å². The van der Waals surface area contributed by atoms with Gasteiger partial charge in [0.15, 0.2) is 0 Å². The summed E-state index contributed by atoms with van der Waals surface area (Å²) in [6.45, 7) is 0. The van der Waals surface area contributed by atoms with Crippen LogP contribution in [-0.4, -0.2) is 22.9 Å². The third kappa shape index (κ3) is 3.11. The summed E-state index contributed by atoms with van der Waals surface area (Å²) in [6, 6.07) is 2.37. The SMILES string of the molecule is Cn1cnc(S(=O)(=O)Nc2cc(F)cc([N+](=O)[O-])c2)c1Cl. The molecule has 21 heavy (non-hydrogen) atoms. The Morgan fingerprint density at radius 1 is 1.43 bits per heavy atom. The molecule has 0 radical (unpaired) electrons. The second-order valence-electron chi connectivity index (χ2n) is 4.01. The molecule has 0 saturated carbocycles. The van der Waals surface area contributed by atoms with E-state index in [9.17, 15) is 22.9 Å². The third-order valence-corrected chi connectivity index (χ3v) is 4.30. The number of non-ortho nitro benzene ring substituents is 1. The Morgan fingerprint density at radius 2 is 2.10 bits per heavy atom. The molecule has 0 fully saturated rings. The molecule has 1 heterocycles. The van der Waals surface area contributed by atoms with Gasteiger partial charge in [0.25, 0.3) is 15.7 Å². The summed E-state index contributed by atoms with van der Waals surface area (Å²) in [7, 11) is -2.70. The fraction of sp³-hybridized carbons (Fsp3) is 0.100. The summed E-state index contributed by atoms with van der Waals surface area (Å²) in [5.74, 6) is -0.950. The highest BCUT2D eigenvalue weighted by atomic mass is 35.5. The van der Waals surface area contributed by atoms with Gasteiger partial charge in [-0.3, -0.25) is 14.8 Å². The Kier molecular flexibility index (Phi) is 3.83. The highest BCUT2D eigenvalue weighted by molar-refractivity contribution is 7.92. The first kappa shape index (κ1) is 15.2. The van der Waals surface area contributed by atoms with Crippen molar-refractivity contribution in [2.24, 2.45) is 7.05 Å². The van der Waals surface area contributed by atoms with E-state index in [0.29, 0.717) is 6.07 Å². The van der Waals surface area contributed by atoms with Gasteiger partial charge in [0, 0.05) is 13.1 Å². The minimum atomic E-state index is -4.19. The molecule has 0 aliphatic rings. The minimum absolute atomic E-state index is 0.145. The Hall–Kier alpha value is -2.20. The monoisotopic (exact) mass is 334 g/mol. The number of nitro benzene ring substituents is 1. The van der Waals surface area contributed by atoms with Crippen molar-refractivity contribution in [1.29, 1.82) is 0 Å². The van der Waals surface area contributed by atoms with E-state index >= 15 is 0 Å². The lowest BCUT2D eigenvalue weighted by atomic mass is 10.3. The Morgan fingerprint density at radius 3 is 2.62 bits per heavy atom. The number of hydrogen-bond donors (Lipinski definition) is 1. The molecular formula is C10H8ClFN4O4S. The van der Waals surface area contributed by atoms with Crippen LogP contribution in [0, 0.1) is 15.9 Å². The third-order valence-electron chi connectivity index (χ3n) is 2.43. The zero-order valence-corrected chi connectivity index (χ0v) is 12.0. The van der Waals surface area contributed by atoms with Crippen molar-refractivity contribution < 1.29 is 17.7 Å². The van der Waals surface area contributed by atoms with Crippen molar-refractivity contribution in [3.63, 3.8) is 0 Å². The zero-order valence-electron chi connectivity index (χ0n) is 10.4. The smallest absolute Gasteiger partial charge is 0.282 e. The van der Waals surface area contributed by atoms with Crippen LogP contribution in [0.1, 0.15) is 0 Å². The molecule has 0 spiro atoms. The molecule has 0 unspecified atom stereocenters. The quantitative estimate of drug-likeness (QED) is 0.679. The van der Waals surface area contributed by atoms with Crippen molar-refractivity contribution in [1.82, 2.24) is 9.55 Å². The minimum Gasteiger partial charge on any atom is -0.324 e. The number of benzene rings is 1. The topological polar surface area (TPSA) is 107 Å². The lowest BCUT2D eigenvalue weighted by Gasteiger charge is -2.06. The van der Waals surface area contributed by atoms with Gasteiger partial charge in [-0.25, -0.2) is 9.37 Å². The van der Waals surface area contributed by atoms with Gasteiger partial charge < -0.3 is 4.57 Å². The average Bonchev–Trinajstić information content (AvgIpc) is 2.69. The number of hydrogen-bond acceptors (Lipinski definition) is 5. The number of nitrogens with zero attached hydrogens (tertiary/aromatic N) is 3. The maximum Gasteiger partial charge on any atom is 0.282 e. The summed E-state index contributed by atoms with van der Waals surface area (Å²) in [5, 5.41) is 10.0. The number of halogens is 2. The first-order chi connectivity index (χ1) is 9.70. The Balaban J connectivity index is 2.42. The molecule has 0 saturated heterocycles. The molecule has 0 amide bonds. The van der Waals surface area contributed by atoms with Crippen molar-refractivity contribution in [3.8, 4) is 0 Å². The summed E-state index contributed by atoms with van der Waals surface area (Å²) < 4.78 is 40.7. The van der Waals surface area contributed by atoms with Crippen LogP contribution in [0.5, 0.6) is 0 Å². The molecule has 0 aliphatic carbocycles. The number of nitrogens with one attached hydrogen (secondary N) is 1. The highest BCUT2D eigenvalue weighted by Crippen LogP contribution is 2.25. The number of aryl methyl sites for hydroxylation is 1. The van der Waals surface area contributed by atoms with Crippen LogP contribution in [0.4, 0.5) is 15.8 Å². The van der Waals surface area contributed by atoms with Gasteiger partial charge >= 0.3 is 0 Å². The summed E-state index contributed by atoms with van der Waals surface area (Å²) >= 11 is 5.77. The molecule has 0 bridgehead atoms. The van der Waals surface area contributed by atoms with E-state index in [4.69, 9.17) is 11.6 Å². The van der Waals surface area contributed by atoms with Gasteiger partial charge in [-0.1, -0.05) is 11.6 Å². The van der Waals surface area contributed by atoms with Gasteiger partial charge in [0.1, 0.15) is 11.0 Å². The van der Waals surface area contributed by atoms with Crippen molar-refractivity contribution >= 4 is 33.0 Å². The molecule has 2 rings (SSSR count). The van der Waals surface area contributed by atoms with Gasteiger partial charge in [0.2, 0.25) is 5.03 Å². The molecule has 1 aromatic heterocycles. The van der Waals surface area contributed by atoms with Crippen LogP contribution in [-0.2, 0) is 17.1 Å². The van der Waals surface area contributed by atoms with Gasteiger partial charge in [-0.2, -0.15) is 8.42 Å². The van der Waals surface area contributed by atoms with E-state index in [1.54, 1.807) is 0 Å². The fourth-order valence-corrected chi connectivity index (χ4v) is 2.99. The van der Waals surface area contributed by atoms with Crippen LogP contribution >= 0.6 is 11.6 Å².